The molecule has 4 rings (SSSR count). The Hall–Kier alpha value is -3.35. The second-order valence-corrected chi connectivity index (χ2v) is 14.1. The van der Waals surface area contributed by atoms with E-state index in [0.29, 0.717) is 36.1 Å². The number of nitriles is 1. The predicted octanol–water partition coefficient (Wildman–Crippen LogP) is 4.58. The van der Waals surface area contributed by atoms with Crippen molar-refractivity contribution in [3.63, 3.8) is 0 Å². The first-order valence-corrected chi connectivity index (χ1v) is 13.7. The van der Waals surface area contributed by atoms with E-state index in [1.54, 1.807) is 21.2 Å². The molecule has 4 heterocycles. The Morgan fingerprint density at radius 2 is 2.00 bits per heavy atom. The van der Waals surface area contributed by atoms with Gasteiger partial charge in [0.05, 0.1) is 11.9 Å². The minimum Gasteiger partial charge on any atom is -0.360 e. The molecule has 0 spiro atoms. The molecule has 0 aliphatic heterocycles. The zero-order valence-electron chi connectivity index (χ0n) is 17.7. The number of aromatic nitrogens is 5. The van der Waals surface area contributed by atoms with Crippen LogP contribution in [0.3, 0.4) is 0 Å². The standard InChI is InChI=1S/C22H23FN6OSi/c1-31(2,3)10-9-30-15-28-14-18(22(27-28)19-5-4-6-20(23)26-19)16-7-8-21-25-12-17(11-24)29(21)13-16/h4-8,12-14H,9-10,15H2,1-3H3. The molecule has 4 aromatic rings. The molecule has 0 atom stereocenters. The average molecular weight is 435 g/mol. The van der Waals surface area contributed by atoms with E-state index in [9.17, 15) is 9.65 Å². The number of fused-ring (bicyclic) bond motifs is 1. The summed E-state index contributed by atoms with van der Waals surface area (Å²) in [5.74, 6) is -0.568. The van der Waals surface area contributed by atoms with Gasteiger partial charge in [-0.15, -0.1) is 0 Å². The van der Waals surface area contributed by atoms with Crippen molar-refractivity contribution in [2.45, 2.75) is 32.4 Å². The number of hydrogen-bond donors (Lipinski definition) is 0. The van der Waals surface area contributed by atoms with Gasteiger partial charge < -0.3 is 4.74 Å². The largest absolute Gasteiger partial charge is 0.360 e. The fourth-order valence-corrected chi connectivity index (χ4v) is 3.94. The SMILES string of the molecule is C[Si](C)(C)CCOCn1cc(-c2ccc3ncc(C#N)n3c2)c(-c2cccc(F)n2)n1. The van der Waals surface area contributed by atoms with Crippen molar-refractivity contribution >= 4 is 13.7 Å². The zero-order chi connectivity index (χ0) is 22.0. The molecule has 0 aromatic carbocycles. The lowest BCUT2D eigenvalue weighted by Crippen LogP contribution is -2.22. The van der Waals surface area contributed by atoms with Gasteiger partial charge in [-0.2, -0.15) is 14.8 Å². The van der Waals surface area contributed by atoms with Crippen molar-refractivity contribution in [1.29, 1.82) is 5.26 Å². The molecule has 7 nitrogen and oxygen atoms in total. The van der Waals surface area contributed by atoms with Crippen molar-refractivity contribution in [2.24, 2.45) is 0 Å². The van der Waals surface area contributed by atoms with Gasteiger partial charge in [0.25, 0.3) is 0 Å². The molecule has 0 unspecified atom stereocenters. The van der Waals surface area contributed by atoms with Crippen molar-refractivity contribution in [3.8, 4) is 28.6 Å². The summed E-state index contributed by atoms with van der Waals surface area (Å²) in [5, 5.41) is 14.0. The quantitative estimate of drug-likeness (QED) is 0.242. The highest BCUT2D eigenvalue weighted by Crippen LogP contribution is 2.30. The van der Waals surface area contributed by atoms with E-state index in [4.69, 9.17) is 4.74 Å². The first-order chi connectivity index (χ1) is 14.8. The Morgan fingerprint density at radius 3 is 2.74 bits per heavy atom. The predicted molar refractivity (Wildman–Crippen MR) is 118 cm³/mol. The molecule has 0 N–H and O–H groups in total. The molecule has 0 radical (unpaired) electrons. The molecule has 4 aromatic heterocycles. The normalized spacial score (nSPS) is 11.7. The molecule has 0 fully saturated rings. The van der Waals surface area contributed by atoms with Gasteiger partial charge in [0.2, 0.25) is 5.95 Å². The maximum Gasteiger partial charge on any atom is 0.213 e. The Morgan fingerprint density at radius 1 is 1.16 bits per heavy atom. The van der Waals surface area contributed by atoms with Crippen molar-refractivity contribution in [2.75, 3.05) is 6.61 Å². The van der Waals surface area contributed by atoms with E-state index in [-0.39, 0.29) is 0 Å². The molecule has 0 saturated carbocycles. The summed E-state index contributed by atoms with van der Waals surface area (Å²) in [6, 6.07) is 11.6. The van der Waals surface area contributed by atoms with Crippen LogP contribution < -0.4 is 0 Å². The van der Waals surface area contributed by atoms with Crippen LogP contribution in [0.2, 0.25) is 25.7 Å². The summed E-state index contributed by atoms with van der Waals surface area (Å²) in [6.07, 6.45) is 5.22. The highest BCUT2D eigenvalue weighted by Gasteiger charge is 2.17. The topological polar surface area (TPSA) is 81.0 Å². The first kappa shape index (κ1) is 20.9. The van der Waals surface area contributed by atoms with Gasteiger partial charge in [-0.25, -0.2) is 14.6 Å². The van der Waals surface area contributed by atoms with Crippen LogP contribution in [0.5, 0.6) is 0 Å². The summed E-state index contributed by atoms with van der Waals surface area (Å²) in [7, 11) is -1.18. The molecule has 31 heavy (non-hydrogen) atoms. The Kier molecular flexibility index (Phi) is 5.67. The number of halogens is 1. The van der Waals surface area contributed by atoms with Gasteiger partial charge in [-0.1, -0.05) is 25.7 Å². The third kappa shape index (κ3) is 4.71. The van der Waals surface area contributed by atoms with Crippen molar-refractivity contribution in [1.82, 2.24) is 24.1 Å². The van der Waals surface area contributed by atoms with E-state index in [0.717, 1.165) is 17.2 Å². The van der Waals surface area contributed by atoms with Gasteiger partial charge in [-0.05, 0) is 30.3 Å². The van der Waals surface area contributed by atoms with Crippen LogP contribution in [0.25, 0.3) is 28.2 Å². The molecule has 0 saturated heterocycles. The maximum absolute atomic E-state index is 13.8. The molecule has 0 aliphatic carbocycles. The van der Waals surface area contributed by atoms with Crippen molar-refractivity contribution in [3.05, 3.63) is 60.6 Å². The second-order valence-electron chi connectivity index (χ2n) is 8.53. The van der Waals surface area contributed by atoms with Crippen LogP contribution in [0, 0.1) is 17.3 Å². The minimum absolute atomic E-state index is 0.295. The fraction of sp³-hybridized carbons (Fsp3) is 0.273. The molecular formula is C22H23FN6OSi. The van der Waals surface area contributed by atoms with Crippen LogP contribution in [0.1, 0.15) is 5.69 Å². The molecule has 158 valence electrons. The number of hydrogen-bond acceptors (Lipinski definition) is 5. The van der Waals surface area contributed by atoms with E-state index >= 15 is 0 Å². The number of ether oxygens (including phenoxy) is 1. The summed E-state index contributed by atoms with van der Waals surface area (Å²) < 4.78 is 23.1. The van der Waals surface area contributed by atoms with Gasteiger partial charge in [0.1, 0.15) is 29.8 Å². The van der Waals surface area contributed by atoms with Crippen LogP contribution in [0.4, 0.5) is 4.39 Å². The Bertz CT molecular complexity index is 1270. The highest BCUT2D eigenvalue weighted by atomic mass is 28.3. The highest BCUT2D eigenvalue weighted by molar-refractivity contribution is 6.76. The van der Waals surface area contributed by atoms with Gasteiger partial charge in [-0.3, -0.25) is 4.40 Å². The molecule has 0 bridgehead atoms. The number of imidazole rings is 1. The molecule has 0 amide bonds. The third-order valence-corrected chi connectivity index (χ3v) is 6.57. The van der Waals surface area contributed by atoms with E-state index in [1.807, 2.05) is 24.5 Å². The molecule has 9 heteroatoms. The number of pyridine rings is 2. The average Bonchev–Trinajstić information content (AvgIpc) is 3.34. The summed E-state index contributed by atoms with van der Waals surface area (Å²) in [5.41, 5.74) is 3.67. The summed E-state index contributed by atoms with van der Waals surface area (Å²) >= 11 is 0. The third-order valence-electron chi connectivity index (χ3n) is 4.87. The van der Waals surface area contributed by atoms with Gasteiger partial charge >= 0.3 is 0 Å². The minimum atomic E-state index is -1.18. The smallest absolute Gasteiger partial charge is 0.213 e. The van der Waals surface area contributed by atoms with E-state index in [2.05, 4.69) is 40.8 Å². The van der Waals surface area contributed by atoms with Gasteiger partial charge in [0.15, 0.2) is 0 Å². The number of nitrogens with zero attached hydrogens (tertiary/aromatic N) is 6. The monoisotopic (exact) mass is 434 g/mol. The zero-order valence-corrected chi connectivity index (χ0v) is 18.7. The first-order valence-electron chi connectivity index (χ1n) is 10.00. The maximum atomic E-state index is 13.8. The Balaban J connectivity index is 1.71. The fourth-order valence-electron chi connectivity index (χ4n) is 3.19. The van der Waals surface area contributed by atoms with Crippen LogP contribution >= 0.6 is 0 Å². The summed E-state index contributed by atoms with van der Waals surface area (Å²) in [6.45, 7) is 7.88. The van der Waals surface area contributed by atoms with Crippen LogP contribution in [0.15, 0.2) is 48.9 Å². The lowest BCUT2D eigenvalue weighted by atomic mass is 10.1. The van der Waals surface area contributed by atoms with Crippen LogP contribution in [-0.2, 0) is 11.5 Å². The van der Waals surface area contributed by atoms with Crippen molar-refractivity contribution < 1.29 is 9.13 Å². The van der Waals surface area contributed by atoms with E-state index < -0.39 is 14.0 Å². The summed E-state index contributed by atoms with van der Waals surface area (Å²) in [4.78, 5) is 8.24. The molecular weight excluding hydrogens is 411 g/mol. The van der Waals surface area contributed by atoms with Gasteiger partial charge in [0, 0.05) is 38.2 Å². The lowest BCUT2D eigenvalue weighted by Gasteiger charge is -2.15. The second kappa shape index (κ2) is 8.41. The van der Waals surface area contributed by atoms with Crippen LogP contribution in [-0.4, -0.2) is 38.8 Å². The Labute approximate surface area is 180 Å². The lowest BCUT2D eigenvalue weighted by molar-refractivity contribution is 0.0787. The van der Waals surface area contributed by atoms with E-state index in [1.165, 1.54) is 12.3 Å². The number of rotatable bonds is 7. The molecule has 0 aliphatic rings.